The Kier molecular flexibility index (Phi) is 6.83. The summed E-state index contributed by atoms with van der Waals surface area (Å²) < 4.78 is 7.51. The zero-order valence-electron chi connectivity index (χ0n) is 15.2. The number of hydrogen-bond donors (Lipinski definition) is 1. The first kappa shape index (κ1) is 20.9. The summed E-state index contributed by atoms with van der Waals surface area (Å²) in [5.74, 6) is 0.910. The number of aliphatic hydroxyl groups is 1. The highest BCUT2D eigenvalue weighted by molar-refractivity contribution is 6.30. The molecule has 0 aliphatic rings. The van der Waals surface area contributed by atoms with Crippen molar-refractivity contribution >= 4 is 34.8 Å². The molecule has 148 valence electrons. The molecule has 2 aromatic carbocycles. The van der Waals surface area contributed by atoms with Gasteiger partial charge in [-0.05, 0) is 35.4 Å². The maximum absolute atomic E-state index is 10.9. The van der Waals surface area contributed by atoms with Crippen LogP contribution >= 0.6 is 34.8 Å². The third-order valence-corrected chi connectivity index (χ3v) is 6.05. The molecule has 3 aromatic rings. The van der Waals surface area contributed by atoms with Crippen molar-refractivity contribution in [2.45, 2.75) is 19.3 Å². The fourth-order valence-electron chi connectivity index (χ4n) is 2.66. The summed E-state index contributed by atoms with van der Waals surface area (Å²) in [5.41, 5.74) is 1.30. The molecule has 0 bridgehead atoms. The van der Waals surface area contributed by atoms with Gasteiger partial charge in [0.15, 0.2) is 0 Å². The van der Waals surface area contributed by atoms with Crippen LogP contribution in [0.25, 0.3) is 11.1 Å². The van der Waals surface area contributed by atoms with Gasteiger partial charge < -0.3 is 9.84 Å². The first-order valence-corrected chi connectivity index (χ1v) is 10.1. The van der Waals surface area contributed by atoms with E-state index in [4.69, 9.17) is 39.5 Å². The minimum atomic E-state index is -1.000. The second-order valence-electron chi connectivity index (χ2n) is 6.78. The SMILES string of the molecule is CC(CCl)(CCl)C(O)C(Oc1ccc(-c2ccc(Cl)cc2)cc1)n1cncn1. The van der Waals surface area contributed by atoms with Crippen molar-refractivity contribution < 1.29 is 9.84 Å². The molecule has 0 radical (unpaired) electrons. The van der Waals surface area contributed by atoms with Crippen LogP contribution in [-0.4, -0.2) is 37.7 Å². The normalized spacial score (nSPS) is 13.9. The van der Waals surface area contributed by atoms with Gasteiger partial charge in [0.25, 0.3) is 0 Å². The lowest BCUT2D eigenvalue weighted by atomic mass is 9.87. The summed E-state index contributed by atoms with van der Waals surface area (Å²) >= 11 is 18.1. The van der Waals surface area contributed by atoms with Crippen molar-refractivity contribution in [1.29, 1.82) is 0 Å². The molecule has 0 aliphatic heterocycles. The quantitative estimate of drug-likeness (QED) is 0.500. The number of nitrogens with zero attached hydrogens (tertiary/aromatic N) is 3. The van der Waals surface area contributed by atoms with E-state index in [1.807, 2.05) is 48.5 Å². The summed E-state index contributed by atoms with van der Waals surface area (Å²) in [5, 5.41) is 15.7. The van der Waals surface area contributed by atoms with Crippen molar-refractivity contribution in [1.82, 2.24) is 14.8 Å². The van der Waals surface area contributed by atoms with Crippen LogP contribution in [0.4, 0.5) is 0 Å². The van der Waals surface area contributed by atoms with Gasteiger partial charge >= 0.3 is 0 Å². The zero-order chi connectivity index (χ0) is 20.1. The fourth-order valence-corrected chi connectivity index (χ4v) is 3.39. The Morgan fingerprint density at radius 3 is 2.11 bits per heavy atom. The smallest absolute Gasteiger partial charge is 0.219 e. The number of alkyl halides is 2. The number of hydrogen-bond acceptors (Lipinski definition) is 4. The lowest BCUT2D eigenvalue weighted by Crippen LogP contribution is -2.44. The largest absolute Gasteiger partial charge is 0.466 e. The molecule has 1 aromatic heterocycles. The summed E-state index contributed by atoms with van der Waals surface area (Å²) in [6, 6.07) is 15.1. The number of rotatable bonds is 8. The van der Waals surface area contributed by atoms with Crippen LogP contribution in [0.2, 0.25) is 5.02 Å². The van der Waals surface area contributed by atoms with Crippen molar-refractivity contribution in [3.05, 3.63) is 66.2 Å². The zero-order valence-corrected chi connectivity index (χ0v) is 17.4. The molecule has 5 nitrogen and oxygen atoms in total. The van der Waals surface area contributed by atoms with E-state index >= 15 is 0 Å². The lowest BCUT2D eigenvalue weighted by Gasteiger charge is -2.35. The van der Waals surface area contributed by atoms with Crippen molar-refractivity contribution in [2.75, 3.05) is 11.8 Å². The van der Waals surface area contributed by atoms with E-state index in [1.165, 1.54) is 17.3 Å². The van der Waals surface area contributed by atoms with E-state index in [0.717, 1.165) is 11.1 Å². The van der Waals surface area contributed by atoms with Crippen molar-refractivity contribution in [2.24, 2.45) is 5.41 Å². The molecule has 1 N–H and O–H groups in total. The highest BCUT2D eigenvalue weighted by Crippen LogP contribution is 2.34. The van der Waals surface area contributed by atoms with Crippen LogP contribution in [0.3, 0.4) is 0 Å². The first-order valence-electron chi connectivity index (χ1n) is 8.63. The van der Waals surface area contributed by atoms with E-state index in [9.17, 15) is 5.11 Å². The van der Waals surface area contributed by atoms with E-state index < -0.39 is 17.7 Å². The summed E-state index contributed by atoms with van der Waals surface area (Å²) in [6.07, 6.45) is 1.04. The Bertz CT molecular complexity index is 867. The second-order valence-corrected chi connectivity index (χ2v) is 7.75. The molecule has 0 saturated heterocycles. The summed E-state index contributed by atoms with van der Waals surface area (Å²) in [4.78, 5) is 3.95. The molecule has 0 amide bonds. The molecule has 2 atom stereocenters. The van der Waals surface area contributed by atoms with Gasteiger partial charge in [0.1, 0.15) is 24.5 Å². The third kappa shape index (κ3) is 4.61. The van der Waals surface area contributed by atoms with Crippen molar-refractivity contribution in [3.8, 4) is 16.9 Å². The molecular formula is C20H20Cl3N3O2. The fraction of sp³-hybridized carbons (Fsp3) is 0.300. The molecule has 0 fully saturated rings. The molecule has 8 heteroatoms. The Hall–Kier alpha value is -1.79. The van der Waals surface area contributed by atoms with Gasteiger partial charge in [-0.15, -0.1) is 23.2 Å². The predicted molar refractivity (Wildman–Crippen MR) is 112 cm³/mol. The number of ether oxygens (including phenoxy) is 1. The van der Waals surface area contributed by atoms with Crippen molar-refractivity contribution in [3.63, 3.8) is 0 Å². The molecule has 2 unspecified atom stereocenters. The minimum absolute atomic E-state index is 0.168. The number of aromatic nitrogens is 3. The van der Waals surface area contributed by atoms with Gasteiger partial charge in [0.2, 0.25) is 6.23 Å². The van der Waals surface area contributed by atoms with Gasteiger partial charge in [-0.1, -0.05) is 42.8 Å². The highest BCUT2D eigenvalue weighted by atomic mass is 35.5. The lowest BCUT2D eigenvalue weighted by molar-refractivity contribution is -0.0706. The topological polar surface area (TPSA) is 60.2 Å². The summed E-state index contributed by atoms with van der Waals surface area (Å²) in [7, 11) is 0. The van der Waals surface area contributed by atoms with E-state index in [1.54, 1.807) is 6.92 Å². The molecule has 0 aliphatic carbocycles. The third-order valence-electron chi connectivity index (χ3n) is 4.58. The van der Waals surface area contributed by atoms with Gasteiger partial charge in [0, 0.05) is 22.2 Å². The second kappa shape index (κ2) is 9.14. The maximum atomic E-state index is 10.9. The molecule has 0 spiro atoms. The van der Waals surface area contributed by atoms with Crippen LogP contribution in [0.5, 0.6) is 5.75 Å². The van der Waals surface area contributed by atoms with E-state index in [2.05, 4.69) is 10.1 Å². The van der Waals surface area contributed by atoms with Gasteiger partial charge in [-0.3, -0.25) is 0 Å². The van der Waals surface area contributed by atoms with Crippen LogP contribution < -0.4 is 4.74 Å². The molecule has 3 rings (SSSR count). The molecule has 0 saturated carbocycles. The van der Waals surface area contributed by atoms with Gasteiger partial charge in [0.05, 0.1) is 0 Å². The monoisotopic (exact) mass is 439 g/mol. The molecular weight excluding hydrogens is 421 g/mol. The number of benzene rings is 2. The average molecular weight is 441 g/mol. The molecule has 1 heterocycles. The minimum Gasteiger partial charge on any atom is -0.466 e. The maximum Gasteiger partial charge on any atom is 0.219 e. The van der Waals surface area contributed by atoms with E-state index in [-0.39, 0.29) is 11.8 Å². The number of aliphatic hydroxyl groups excluding tert-OH is 1. The highest BCUT2D eigenvalue weighted by Gasteiger charge is 2.40. The Morgan fingerprint density at radius 2 is 1.61 bits per heavy atom. The van der Waals surface area contributed by atoms with Gasteiger partial charge in [-0.25, -0.2) is 9.67 Å². The Balaban J connectivity index is 1.84. The van der Waals surface area contributed by atoms with Crippen LogP contribution in [0.1, 0.15) is 13.2 Å². The predicted octanol–water partition coefficient (Wildman–Crippen LogP) is 5.02. The van der Waals surface area contributed by atoms with Crippen LogP contribution in [-0.2, 0) is 0 Å². The summed E-state index contributed by atoms with van der Waals surface area (Å²) in [6.45, 7) is 1.80. The standard InChI is InChI=1S/C20H20Cl3N3O2/c1-20(10-21,11-22)18(27)19(26-13-24-12-25-26)28-17-8-4-15(5-9-17)14-2-6-16(23)7-3-14/h2-9,12-13,18-19,27H,10-11H2,1H3. The Morgan fingerprint density at radius 1 is 1.04 bits per heavy atom. The van der Waals surface area contributed by atoms with E-state index in [0.29, 0.717) is 10.8 Å². The Labute approximate surface area is 178 Å². The van der Waals surface area contributed by atoms with Gasteiger partial charge in [-0.2, -0.15) is 5.10 Å². The van der Waals surface area contributed by atoms with Crippen LogP contribution in [0, 0.1) is 5.41 Å². The van der Waals surface area contributed by atoms with Crippen LogP contribution in [0.15, 0.2) is 61.2 Å². The first-order chi connectivity index (χ1) is 13.5. The number of halogens is 3. The average Bonchev–Trinajstić information content (AvgIpc) is 3.26. The molecule has 28 heavy (non-hydrogen) atoms.